The summed E-state index contributed by atoms with van der Waals surface area (Å²) in [5.41, 5.74) is 1.13. The van der Waals surface area contributed by atoms with Crippen molar-refractivity contribution in [2.75, 3.05) is 24.7 Å². The van der Waals surface area contributed by atoms with Crippen LogP contribution in [0.2, 0.25) is 0 Å². The molecular formula is C22H21FN2O4. The number of amides is 1. The average Bonchev–Trinajstić information content (AvgIpc) is 2.73. The molecule has 0 spiro atoms. The fourth-order valence-corrected chi connectivity index (χ4v) is 2.50. The Morgan fingerprint density at radius 1 is 1.17 bits per heavy atom. The number of esters is 1. The molecule has 2 aromatic rings. The lowest BCUT2D eigenvalue weighted by Crippen LogP contribution is -2.35. The summed E-state index contributed by atoms with van der Waals surface area (Å²) >= 11 is 0. The number of nitriles is 1. The number of hydrogen-bond donors (Lipinski definition) is 0. The van der Waals surface area contributed by atoms with Gasteiger partial charge in [-0.15, -0.1) is 0 Å². The molecule has 0 N–H and O–H groups in total. The molecule has 0 bridgehead atoms. The number of nitrogens with zero attached hydrogens (tertiary/aromatic N) is 2. The highest BCUT2D eigenvalue weighted by Gasteiger charge is 2.17. The molecule has 0 fully saturated rings. The van der Waals surface area contributed by atoms with Crippen molar-refractivity contribution in [1.82, 2.24) is 0 Å². The molecule has 0 saturated carbocycles. The summed E-state index contributed by atoms with van der Waals surface area (Å²) in [4.78, 5) is 25.7. The number of benzene rings is 2. The molecule has 6 nitrogen and oxygen atoms in total. The van der Waals surface area contributed by atoms with Gasteiger partial charge in [0.2, 0.25) is 0 Å². The predicted octanol–water partition coefficient (Wildman–Crippen LogP) is 3.73. The summed E-state index contributed by atoms with van der Waals surface area (Å²) < 4.78 is 23.6. The van der Waals surface area contributed by atoms with Gasteiger partial charge in [0.25, 0.3) is 5.91 Å². The van der Waals surface area contributed by atoms with Crippen LogP contribution in [0.25, 0.3) is 6.08 Å². The summed E-state index contributed by atoms with van der Waals surface area (Å²) in [6.45, 7) is 1.96. The molecule has 7 heteroatoms. The lowest BCUT2D eigenvalue weighted by molar-refractivity contribution is -0.142. The summed E-state index contributed by atoms with van der Waals surface area (Å²) in [6.07, 6.45) is 2.85. The summed E-state index contributed by atoms with van der Waals surface area (Å²) in [6, 6.07) is 14.5. The van der Waals surface area contributed by atoms with E-state index in [1.54, 1.807) is 18.2 Å². The molecule has 0 radical (unpaired) electrons. The second-order valence-corrected chi connectivity index (χ2v) is 5.84. The van der Waals surface area contributed by atoms with Crippen molar-refractivity contribution in [1.29, 1.82) is 5.26 Å². The van der Waals surface area contributed by atoms with Crippen LogP contribution in [0.15, 0.2) is 54.6 Å². The van der Waals surface area contributed by atoms with Gasteiger partial charge in [0, 0.05) is 23.9 Å². The number of carbonyl (C=O) groups excluding carboxylic acids is 2. The van der Waals surface area contributed by atoms with Crippen molar-refractivity contribution in [3.05, 3.63) is 66.0 Å². The van der Waals surface area contributed by atoms with Gasteiger partial charge < -0.3 is 14.4 Å². The van der Waals surface area contributed by atoms with E-state index in [-0.39, 0.29) is 13.0 Å². The van der Waals surface area contributed by atoms with Crippen molar-refractivity contribution >= 4 is 23.6 Å². The van der Waals surface area contributed by atoms with Gasteiger partial charge in [0.05, 0.1) is 19.1 Å². The first-order valence-corrected chi connectivity index (χ1v) is 9.04. The van der Waals surface area contributed by atoms with Gasteiger partial charge in [0.1, 0.15) is 11.6 Å². The highest BCUT2D eigenvalue weighted by molar-refractivity contribution is 5.96. The molecule has 0 heterocycles. The van der Waals surface area contributed by atoms with Crippen LogP contribution in [-0.4, -0.2) is 31.6 Å². The highest BCUT2D eigenvalue weighted by Crippen LogP contribution is 2.19. The zero-order valence-corrected chi connectivity index (χ0v) is 16.0. The zero-order chi connectivity index (χ0) is 21.1. The van der Waals surface area contributed by atoms with E-state index in [0.29, 0.717) is 23.6 Å². The monoisotopic (exact) mass is 396 g/mol. The minimum Gasteiger partial charge on any atom is -0.493 e. The van der Waals surface area contributed by atoms with E-state index in [1.807, 2.05) is 25.1 Å². The Bertz CT molecular complexity index is 904. The second-order valence-electron chi connectivity index (χ2n) is 5.84. The zero-order valence-electron chi connectivity index (χ0n) is 16.0. The number of anilines is 1. The van der Waals surface area contributed by atoms with Crippen molar-refractivity contribution in [3.63, 3.8) is 0 Å². The molecule has 29 heavy (non-hydrogen) atoms. The molecule has 0 atom stereocenters. The Morgan fingerprint density at radius 2 is 1.90 bits per heavy atom. The van der Waals surface area contributed by atoms with Crippen molar-refractivity contribution < 1.29 is 23.5 Å². The number of para-hydroxylation sites is 1. The van der Waals surface area contributed by atoms with Gasteiger partial charge in [0.15, 0.2) is 6.61 Å². The van der Waals surface area contributed by atoms with Crippen LogP contribution in [0, 0.1) is 17.1 Å². The van der Waals surface area contributed by atoms with Gasteiger partial charge in [-0.1, -0.05) is 18.2 Å². The molecule has 0 aliphatic carbocycles. The van der Waals surface area contributed by atoms with Crippen LogP contribution >= 0.6 is 0 Å². The fraction of sp³-hybridized carbons (Fsp3) is 0.227. The van der Waals surface area contributed by atoms with Crippen LogP contribution in [0.3, 0.4) is 0 Å². The van der Waals surface area contributed by atoms with E-state index >= 15 is 0 Å². The number of carbonyl (C=O) groups is 2. The Labute approximate surface area is 168 Å². The van der Waals surface area contributed by atoms with E-state index in [1.165, 1.54) is 35.2 Å². The normalized spacial score (nSPS) is 10.4. The number of halogens is 1. The Hall–Kier alpha value is -3.66. The summed E-state index contributed by atoms with van der Waals surface area (Å²) in [5, 5.41) is 8.79. The Kier molecular flexibility index (Phi) is 8.39. The predicted molar refractivity (Wildman–Crippen MR) is 107 cm³/mol. The molecule has 0 aliphatic heterocycles. The first kappa shape index (κ1) is 21.6. The number of ether oxygens (including phenoxy) is 2. The fourth-order valence-electron chi connectivity index (χ4n) is 2.50. The largest absolute Gasteiger partial charge is 0.493 e. The van der Waals surface area contributed by atoms with Crippen molar-refractivity contribution in [2.45, 2.75) is 13.3 Å². The molecule has 0 aliphatic rings. The van der Waals surface area contributed by atoms with E-state index < -0.39 is 24.3 Å². The maximum Gasteiger partial charge on any atom is 0.331 e. The van der Waals surface area contributed by atoms with E-state index in [4.69, 9.17) is 14.7 Å². The smallest absolute Gasteiger partial charge is 0.331 e. The van der Waals surface area contributed by atoms with Gasteiger partial charge in [-0.3, -0.25) is 4.79 Å². The molecule has 150 valence electrons. The van der Waals surface area contributed by atoms with Crippen molar-refractivity contribution in [3.8, 4) is 11.8 Å². The SMILES string of the molecule is CCOc1ccccc1/C=C/C(=O)OCC(=O)N(CCC#N)c1ccc(F)cc1. The van der Waals surface area contributed by atoms with Crippen LogP contribution in [0.1, 0.15) is 18.9 Å². The minimum absolute atomic E-state index is 0.0885. The Balaban J connectivity index is 1.99. The highest BCUT2D eigenvalue weighted by atomic mass is 19.1. The third kappa shape index (κ3) is 6.78. The van der Waals surface area contributed by atoms with Gasteiger partial charge in [-0.2, -0.15) is 5.26 Å². The Morgan fingerprint density at radius 3 is 2.59 bits per heavy atom. The first-order chi connectivity index (χ1) is 14.0. The first-order valence-electron chi connectivity index (χ1n) is 9.04. The van der Waals surface area contributed by atoms with Crippen LogP contribution < -0.4 is 9.64 Å². The molecule has 0 unspecified atom stereocenters. The van der Waals surface area contributed by atoms with Crippen molar-refractivity contribution in [2.24, 2.45) is 0 Å². The van der Waals surface area contributed by atoms with Crippen LogP contribution in [-0.2, 0) is 14.3 Å². The maximum atomic E-state index is 13.1. The molecule has 2 aromatic carbocycles. The van der Waals surface area contributed by atoms with E-state index in [0.717, 1.165) is 0 Å². The molecule has 2 rings (SSSR count). The van der Waals surface area contributed by atoms with E-state index in [9.17, 15) is 14.0 Å². The third-order valence-corrected chi connectivity index (χ3v) is 3.84. The second kappa shape index (κ2) is 11.2. The van der Waals surface area contributed by atoms with Gasteiger partial charge in [-0.05, 0) is 43.3 Å². The minimum atomic E-state index is -0.691. The lowest BCUT2D eigenvalue weighted by atomic mass is 10.2. The van der Waals surface area contributed by atoms with Crippen LogP contribution in [0.5, 0.6) is 5.75 Å². The quantitative estimate of drug-likeness (QED) is 0.477. The standard InChI is InChI=1S/C22H21FN2O4/c1-2-28-20-7-4-3-6-17(20)8-13-22(27)29-16-21(26)25(15-5-14-24)19-11-9-18(23)10-12-19/h3-4,6-13H,2,5,15-16H2,1H3/b13-8+. The lowest BCUT2D eigenvalue weighted by Gasteiger charge is -2.21. The topological polar surface area (TPSA) is 79.6 Å². The van der Waals surface area contributed by atoms with Gasteiger partial charge in [-0.25, -0.2) is 9.18 Å². The maximum absolute atomic E-state index is 13.1. The molecular weight excluding hydrogens is 375 g/mol. The number of hydrogen-bond acceptors (Lipinski definition) is 5. The molecule has 1 amide bonds. The van der Waals surface area contributed by atoms with E-state index in [2.05, 4.69) is 0 Å². The average molecular weight is 396 g/mol. The number of rotatable bonds is 9. The summed E-state index contributed by atoms with van der Waals surface area (Å²) in [7, 11) is 0. The third-order valence-electron chi connectivity index (χ3n) is 3.84. The van der Waals surface area contributed by atoms with Crippen LogP contribution in [0.4, 0.5) is 10.1 Å². The molecule has 0 saturated heterocycles. The van der Waals surface area contributed by atoms with Gasteiger partial charge >= 0.3 is 5.97 Å². The summed E-state index contributed by atoms with van der Waals surface area (Å²) in [5.74, 6) is -1.01. The molecule has 0 aromatic heterocycles.